The zero-order valence-electron chi connectivity index (χ0n) is 10.1. The van der Waals surface area contributed by atoms with Crippen LogP contribution in [0.5, 0.6) is 0 Å². The zero-order chi connectivity index (χ0) is 12.0. The van der Waals surface area contributed by atoms with Gasteiger partial charge in [-0.25, -0.2) is 0 Å². The maximum atomic E-state index is 6.01. The first-order valence-electron chi connectivity index (χ1n) is 6.10. The lowest BCUT2D eigenvalue weighted by molar-refractivity contribution is 0.580. The summed E-state index contributed by atoms with van der Waals surface area (Å²) in [5.74, 6) is 0.576. The average molecular weight is 259 g/mol. The van der Waals surface area contributed by atoms with Gasteiger partial charge in [-0.3, -0.25) is 0 Å². The van der Waals surface area contributed by atoms with Gasteiger partial charge in [-0.05, 0) is 30.0 Å². The molecule has 0 N–H and O–H groups in total. The first-order valence-corrected chi connectivity index (χ1v) is 6.85. The summed E-state index contributed by atoms with van der Waals surface area (Å²) in [6.07, 6.45) is 6.50. The minimum Gasteiger partial charge on any atom is -0.0827 e. The summed E-state index contributed by atoms with van der Waals surface area (Å²) < 4.78 is 0. The lowest BCUT2D eigenvalue weighted by atomic mass is 9.95. The van der Waals surface area contributed by atoms with Crippen molar-refractivity contribution >= 4 is 23.2 Å². The minimum atomic E-state index is 0.576. The Labute approximate surface area is 109 Å². The Bertz CT molecular complexity index is 321. The molecule has 0 fully saturated rings. The summed E-state index contributed by atoms with van der Waals surface area (Å²) in [6, 6.07) is 5.97. The molecule has 0 spiro atoms. The number of hydrogen-bond donors (Lipinski definition) is 0. The predicted octanol–water partition coefficient (Wildman–Crippen LogP) is 6.07. The summed E-state index contributed by atoms with van der Waals surface area (Å²) in [5.41, 5.74) is 1.30. The van der Waals surface area contributed by atoms with Crippen LogP contribution in [0.3, 0.4) is 0 Å². The van der Waals surface area contributed by atoms with Crippen LogP contribution in [0.15, 0.2) is 18.2 Å². The third kappa shape index (κ3) is 4.35. The molecule has 0 bridgehead atoms. The van der Waals surface area contributed by atoms with Crippen LogP contribution < -0.4 is 0 Å². The van der Waals surface area contributed by atoms with Crippen LogP contribution in [-0.4, -0.2) is 0 Å². The molecule has 0 saturated carbocycles. The lowest BCUT2D eigenvalue weighted by Crippen LogP contribution is -1.93. The van der Waals surface area contributed by atoms with Gasteiger partial charge in [0.15, 0.2) is 0 Å². The molecule has 2 heteroatoms. The van der Waals surface area contributed by atoms with Crippen molar-refractivity contribution in [2.75, 3.05) is 0 Å². The maximum Gasteiger partial charge on any atom is 0.0595 e. The van der Waals surface area contributed by atoms with Crippen molar-refractivity contribution < 1.29 is 0 Å². The van der Waals surface area contributed by atoms with Crippen LogP contribution in [0.4, 0.5) is 0 Å². The second kappa shape index (κ2) is 7.19. The highest BCUT2D eigenvalue weighted by Crippen LogP contribution is 2.28. The van der Waals surface area contributed by atoms with E-state index in [4.69, 9.17) is 23.2 Å². The van der Waals surface area contributed by atoms with Crippen LogP contribution >= 0.6 is 23.2 Å². The molecule has 1 atom stereocenters. The molecular formula is C14H20Cl2. The van der Waals surface area contributed by atoms with E-state index in [9.17, 15) is 0 Å². The highest BCUT2D eigenvalue weighted by atomic mass is 35.5. The Hall–Kier alpha value is -0.200. The van der Waals surface area contributed by atoms with Crippen LogP contribution in [-0.2, 0) is 0 Å². The fourth-order valence-corrected chi connectivity index (χ4v) is 2.17. The van der Waals surface area contributed by atoms with Gasteiger partial charge in [-0.2, -0.15) is 0 Å². The van der Waals surface area contributed by atoms with Crippen LogP contribution in [0.1, 0.15) is 57.4 Å². The van der Waals surface area contributed by atoms with Crippen molar-refractivity contribution in [2.45, 2.75) is 51.9 Å². The fraction of sp³-hybridized carbons (Fsp3) is 0.571. The molecule has 1 aromatic carbocycles. The van der Waals surface area contributed by atoms with E-state index in [1.54, 1.807) is 0 Å². The third-order valence-electron chi connectivity index (χ3n) is 3.00. The Balaban J connectivity index is 2.46. The van der Waals surface area contributed by atoms with E-state index in [1.165, 1.54) is 37.7 Å². The van der Waals surface area contributed by atoms with Crippen molar-refractivity contribution in [3.05, 3.63) is 33.8 Å². The predicted molar refractivity (Wildman–Crippen MR) is 73.6 cm³/mol. The van der Waals surface area contributed by atoms with Crippen molar-refractivity contribution in [3.8, 4) is 0 Å². The van der Waals surface area contributed by atoms with Crippen LogP contribution in [0, 0.1) is 0 Å². The molecule has 1 aromatic rings. The summed E-state index contributed by atoms with van der Waals surface area (Å²) in [7, 11) is 0. The van der Waals surface area contributed by atoms with Crippen molar-refractivity contribution in [3.63, 3.8) is 0 Å². The largest absolute Gasteiger partial charge is 0.0827 e. The van der Waals surface area contributed by atoms with E-state index in [2.05, 4.69) is 19.9 Å². The van der Waals surface area contributed by atoms with E-state index in [1.807, 2.05) is 12.1 Å². The highest BCUT2D eigenvalue weighted by Gasteiger charge is 2.07. The molecule has 0 saturated heterocycles. The molecule has 16 heavy (non-hydrogen) atoms. The van der Waals surface area contributed by atoms with E-state index in [0.717, 1.165) is 0 Å². The average Bonchev–Trinajstić information content (AvgIpc) is 2.28. The number of unbranched alkanes of at least 4 members (excludes halogenated alkanes) is 3. The molecule has 0 aliphatic carbocycles. The lowest BCUT2D eigenvalue weighted by Gasteiger charge is -2.12. The zero-order valence-corrected chi connectivity index (χ0v) is 11.6. The van der Waals surface area contributed by atoms with Crippen molar-refractivity contribution in [2.24, 2.45) is 0 Å². The van der Waals surface area contributed by atoms with E-state index >= 15 is 0 Å². The molecule has 0 radical (unpaired) electrons. The van der Waals surface area contributed by atoms with Gasteiger partial charge < -0.3 is 0 Å². The van der Waals surface area contributed by atoms with Gasteiger partial charge in [-0.1, -0.05) is 68.8 Å². The van der Waals surface area contributed by atoms with E-state index in [-0.39, 0.29) is 0 Å². The Morgan fingerprint density at radius 1 is 1.06 bits per heavy atom. The van der Waals surface area contributed by atoms with E-state index < -0.39 is 0 Å². The first kappa shape index (κ1) is 13.9. The molecule has 0 heterocycles. The van der Waals surface area contributed by atoms with Gasteiger partial charge in [0.25, 0.3) is 0 Å². The number of benzene rings is 1. The van der Waals surface area contributed by atoms with E-state index in [0.29, 0.717) is 16.0 Å². The number of rotatable bonds is 6. The van der Waals surface area contributed by atoms with Crippen LogP contribution in [0.25, 0.3) is 0 Å². The van der Waals surface area contributed by atoms with Gasteiger partial charge >= 0.3 is 0 Å². The number of halogens is 2. The Kier molecular flexibility index (Phi) is 6.23. The molecule has 0 amide bonds. The molecule has 1 rings (SSSR count). The normalized spacial score (nSPS) is 12.8. The molecule has 0 aliphatic heterocycles. The van der Waals surface area contributed by atoms with Crippen LogP contribution in [0.2, 0.25) is 10.0 Å². The molecule has 0 aliphatic rings. The maximum absolute atomic E-state index is 6.01. The fourth-order valence-electron chi connectivity index (χ4n) is 1.86. The van der Waals surface area contributed by atoms with Gasteiger partial charge in [0.2, 0.25) is 0 Å². The summed E-state index contributed by atoms with van der Waals surface area (Å²) in [6.45, 7) is 4.49. The van der Waals surface area contributed by atoms with Crippen molar-refractivity contribution in [1.82, 2.24) is 0 Å². The molecular weight excluding hydrogens is 239 g/mol. The highest BCUT2D eigenvalue weighted by molar-refractivity contribution is 6.42. The van der Waals surface area contributed by atoms with Crippen molar-refractivity contribution in [1.29, 1.82) is 0 Å². The SMILES string of the molecule is CCCCCCC(C)c1ccc(Cl)c(Cl)c1. The van der Waals surface area contributed by atoms with Gasteiger partial charge in [0.1, 0.15) is 0 Å². The van der Waals surface area contributed by atoms with Gasteiger partial charge in [-0.15, -0.1) is 0 Å². The summed E-state index contributed by atoms with van der Waals surface area (Å²) in [4.78, 5) is 0. The smallest absolute Gasteiger partial charge is 0.0595 e. The number of hydrogen-bond acceptors (Lipinski definition) is 0. The molecule has 0 aromatic heterocycles. The second-order valence-electron chi connectivity index (χ2n) is 4.42. The Morgan fingerprint density at radius 2 is 1.81 bits per heavy atom. The monoisotopic (exact) mass is 258 g/mol. The standard InChI is InChI=1S/C14H20Cl2/c1-3-4-5-6-7-11(2)12-8-9-13(15)14(16)10-12/h8-11H,3-7H2,1-2H3. The quantitative estimate of drug-likeness (QED) is 0.544. The molecule has 1 unspecified atom stereocenters. The van der Waals surface area contributed by atoms with Gasteiger partial charge in [0.05, 0.1) is 10.0 Å². The topological polar surface area (TPSA) is 0 Å². The summed E-state index contributed by atoms with van der Waals surface area (Å²) in [5, 5.41) is 1.31. The Morgan fingerprint density at radius 3 is 2.44 bits per heavy atom. The third-order valence-corrected chi connectivity index (χ3v) is 3.74. The minimum absolute atomic E-state index is 0.576. The molecule has 90 valence electrons. The molecule has 0 nitrogen and oxygen atoms in total. The van der Waals surface area contributed by atoms with Gasteiger partial charge in [0, 0.05) is 0 Å². The second-order valence-corrected chi connectivity index (χ2v) is 5.24. The summed E-state index contributed by atoms with van der Waals surface area (Å²) >= 11 is 11.9. The first-order chi connectivity index (χ1) is 7.65.